The van der Waals surface area contributed by atoms with Gasteiger partial charge in [-0.25, -0.2) is 0 Å². The van der Waals surface area contributed by atoms with Crippen molar-refractivity contribution in [1.82, 2.24) is 10.6 Å². The first-order valence-electron chi connectivity index (χ1n) is 6.87. The fourth-order valence-corrected chi connectivity index (χ4v) is 1.65. The summed E-state index contributed by atoms with van der Waals surface area (Å²) < 4.78 is 5.64. The monoisotopic (exact) mass is 262 g/mol. The fraction of sp³-hybridized carbons (Fsp3) is 0.533. The first kappa shape index (κ1) is 13.9. The van der Waals surface area contributed by atoms with Crippen LogP contribution in [0.4, 0.5) is 0 Å². The lowest BCUT2D eigenvalue weighted by Crippen LogP contribution is -2.37. The van der Waals surface area contributed by atoms with Gasteiger partial charge in [-0.15, -0.1) is 0 Å². The molecule has 1 fully saturated rings. The summed E-state index contributed by atoms with van der Waals surface area (Å²) in [5.41, 5.74) is 0.669. The highest BCUT2D eigenvalue weighted by molar-refractivity contribution is 5.94. The molecule has 1 atom stereocenters. The number of likely N-dealkylation sites (N-methyl/N-ethyl adjacent to an activating group) is 1. The first-order valence-corrected chi connectivity index (χ1v) is 6.87. The van der Waals surface area contributed by atoms with Gasteiger partial charge in [0.1, 0.15) is 5.75 Å². The molecule has 1 aliphatic carbocycles. The molecule has 0 aromatic heterocycles. The summed E-state index contributed by atoms with van der Waals surface area (Å²) in [5.74, 6) is 1.54. The zero-order valence-electron chi connectivity index (χ0n) is 11.6. The summed E-state index contributed by atoms with van der Waals surface area (Å²) in [5, 5.41) is 5.97. The second-order valence-corrected chi connectivity index (χ2v) is 5.18. The van der Waals surface area contributed by atoms with Gasteiger partial charge in [0.2, 0.25) is 0 Å². The van der Waals surface area contributed by atoms with Crippen molar-refractivity contribution >= 4 is 5.91 Å². The van der Waals surface area contributed by atoms with Crippen molar-refractivity contribution in [2.75, 3.05) is 20.2 Å². The molecule has 0 radical (unpaired) electrons. The van der Waals surface area contributed by atoms with Crippen LogP contribution >= 0.6 is 0 Å². The molecule has 2 N–H and O–H groups in total. The average Bonchev–Trinajstić information content (AvgIpc) is 3.27. The highest BCUT2D eigenvalue weighted by Crippen LogP contribution is 2.29. The second-order valence-electron chi connectivity index (χ2n) is 5.18. The van der Waals surface area contributed by atoms with Gasteiger partial charge in [-0.1, -0.05) is 0 Å². The highest BCUT2D eigenvalue weighted by Gasteiger charge is 2.21. The maximum atomic E-state index is 11.9. The number of ether oxygens (including phenoxy) is 1. The molecule has 0 saturated heterocycles. The SMILES string of the molecule is CNC(C)CNC(=O)c1ccc(OCC2CC2)cc1. The van der Waals surface area contributed by atoms with E-state index in [0.29, 0.717) is 12.1 Å². The molecule has 1 aliphatic rings. The molecule has 4 heteroatoms. The molecule has 1 unspecified atom stereocenters. The summed E-state index contributed by atoms with van der Waals surface area (Å²) in [6.07, 6.45) is 2.56. The fourth-order valence-electron chi connectivity index (χ4n) is 1.65. The van der Waals surface area contributed by atoms with Crippen LogP contribution in [0.3, 0.4) is 0 Å². The molecule has 0 heterocycles. The van der Waals surface area contributed by atoms with Crippen molar-refractivity contribution in [1.29, 1.82) is 0 Å². The number of benzene rings is 1. The Morgan fingerprint density at radius 2 is 2.05 bits per heavy atom. The normalized spacial score (nSPS) is 15.9. The number of nitrogens with one attached hydrogen (secondary N) is 2. The van der Waals surface area contributed by atoms with Crippen LogP contribution in [0.2, 0.25) is 0 Å². The van der Waals surface area contributed by atoms with E-state index in [1.807, 2.05) is 38.2 Å². The topological polar surface area (TPSA) is 50.4 Å². The number of hydrogen-bond donors (Lipinski definition) is 2. The van der Waals surface area contributed by atoms with Crippen LogP contribution in [-0.4, -0.2) is 32.1 Å². The van der Waals surface area contributed by atoms with Crippen LogP contribution < -0.4 is 15.4 Å². The Hall–Kier alpha value is -1.55. The van der Waals surface area contributed by atoms with Gasteiger partial charge in [0.25, 0.3) is 5.91 Å². The van der Waals surface area contributed by atoms with E-state index >= 15 is 0 Å². The minimum absolute atomic E-state index is 0.0455. The smallest absolute Gasteiger partial charge is 0.251 e. The Balaban J connectivity index is 1.80. The third kappa shape index (κ3) is 4.56. The van der Waals surface area contributed by atoms with E-state index in [1.54, 1.807) is 0 Å². The van der Waals surface area contributed by atoms with Gasteiger partial charge in [0.15, 0.2) is 0 Å². The lowest BCUT2D eigenvalue weighted by atomic mass is 10.2. The van der Waals surface area contributed by atoms with E-state index in [9.17, 15) is 4.79 Å². The van der Waals surface area contributed by atoms with Crippen LogP contribution in [0.25, 0.3) is 0 Å². The Morgan fingerprint density at radius 3 is 2.63 bits per heavy atom. The molecule has 0 bridgehead atoms. The van der Waals surface area contributed by atoms with Crippen LogP contribution in [0.1, 0.15) is 30.1 Å². The van der Waals surface area contributed by atoms with Crippen LogP contribution in [0.15, 0.2) is 24.3 Å². The lowest BCUT2D eigenvalue weighted by Gasteiger charge is -2.11. The van der Waals surface area contributed by atoms with Crippen LogP contribution in [-0.2, 0) is 0 Å². The maximum absolute atomic E-state index is 11.9. The van der Waals surface area contributed by atoms with E-state index in [-0.39, 0.29) is 11.9 Å². The van der Waals surface area contributed by atoms with Gasteiger partial charge in [0.05, 0.1) is 6.61 Å². The van der Waals surface area contributed by atoms with Gasteiger partial charge in [0, 0.05) is 18.2 Å². The van der Waals surface area contributed by atoms with Crippen molar-refractivity contribution in [2.24, 2.45) is 5.92 Å². The van der Waals surface area contributed by atoms with E-state index in [1.165, 1.54) is 12.8 Å². The maximum Gasteiger partial charge on any atom is 0.251 e. The molecular formula is C15H22N2O2. The van der Waals surface area contributed by atoms with Crippen molar-refractivity contribution < 1.29 is 9.53 Å². The predicted octanol–water partition coefficient (Wildman–Crippen LogP) is 1.81. The quantitative estimate of drug-likeness (QED) is 0.788. The first-order chi connectivity index (χ1) is 9.19. The predicted molar refractivity (Wildman–Crippen MR) is 75.5 cm³/mol. The molecule has 0 aliphatic heterocycles. The van der Waals surface area contributed by atoms with E-state index in [2.05, 4.69) is 10.6 Å². The standard InChI is InChI=1S/C15H22N2O2/c1-11(16-2)9-17-15(18)13-5-7-14(8-6-13)19-10-12-3-4-12/h5-8,11-12,16H,3-4,9-10H2,1-2H3,(H,17,18). The summed E-state index contributed by atoms with van der Waals surface area (Å²) in [6, 6.07) is 7.60. The molecule has 1 aromatic rings. The Labute approximate surface area is 114 Å². The van der Waals surface area contributed by atoms with Crippen molar-refractivity contribution in [3.63, 3.8) is 0 Å². The Bertz CT molecular complexity index is 413. The zero-order chi connectivity index (χ0) is 13.7. The summed E-state index contributed by atoms with van der Waals surface area (Å²) in [7, 11) is 1.88. The van der Waals surface area contributed by atoms with Gasteiger partial charge in [-0.05, 0) is 57.0 Å². The Kier molecular flexibility index (Phi) is 4.80. The number of carbonyl (C=O) groups excluding carboxylic acids is 1. The van der Waals surface area contributed by atoms with E-state index < -0.39 is 0 Å². The molecule has 19 heavy (non-hydrogen) atoms. The molecule has 1 saturated carbocycles. The molecule has 104 valence electrons. The summed E-state index contributed by atoms with van der Waals surface area (Å²) in [6.45, 7) is 3.44. The molecule has 0 spiro atoms. The highest BCUT2D eigenvalue weighted by atomic mass is 16.5. The largest absolute Gasteiger partial charge is 0.493 e. The van der Waals surface area contributed by atoms with E-state index in [4.69, 9.17) is 4.74 Å². The van der Waals surface area contributed by atoms with Crippen molar-refractivity contribution in [2.45, 2.75) is 25.8 Å². The molecule has 1 amide bonds. The number of carbonyl (C=O) groups is 1. The minimum atomic E-state index is -0.0455. The summed E-state index contributed by atoms with van der Waals surface area (Å²) >= 11 is 0. The second kappa shape index (κ2) is 6.57. The van der Waals surface area contributed by atoms with Gasteiger partial charge < -0.3 is 15.4 Å². The van der Waals surface area contributed by atoms with Gasteiger partial charge in [-0.2, -0.15) is 0 Å². The Morgan fingerprint density at radius 1 is 1.37 bits per heavy atom. The minimum Gasteiger partial charge on any atom is -0.493 e. The average molecular weight is 262 g/mol. The van der Waals surface area contributed by atoms with Gasteiger partial charge >= 0.3 is 0 Å². The van der Waals surface area contributed by atoms with E-state index in [0.717, 1.165) is 18.3 Å². The van der Waals surface area contributed by atoms with Crippen LogP contribution in [0, 0.1) is 5.92 Å². The van der Waals surface area contributed by atoms with Crippen molar-refractivity contribution in [3.8, 4) is 5.75 Å². The molecule has 2 rings (SSSR count). The number of rotatable bonds is 7. The van der Waals surface area contributed by atoms with Crippen LogP contribution in [0.5, 0.6) is 5.75 Å². The lowest BCUT2D eigenvalue weighted by molar-refractivity contribution is 0.0950. The van der Waals surface area contributed by atoms with Gasteiger partial charge in [-0.3, -0.25) is 4.79 Å². The number of amides is 1. The third-order valence-corrected chi connectivity index (χ3v) is 3.36. The molecule has 1 aromatic carbocycles. The third-order valence-electron chi connectivity index (χ3n) is 3.36. The zero-order valence-corrected chi connectivity index (χ0v) is 11.6. The van der Waals surface area contributed by atoms with Crippen molar-refractivity contribution in [3.05, 3.63) is 29.8 Å². The molecule has 4 nitrogen and oxygen atoms in total. The summed E-state index contributed by atoms with van der Waals surface area (Å²) in [4.78, 5) is 11.9. The molecular weight excluding hydrogens is 240 g/mol. The number of hydrogen-bond acceptors (Lipinski definition) is 3.